The molecule has 2 N–H and O–H groups in total. The van der Waals surface area contributed by atoms with Crippen molar-refractivity contribution >= 4 is 37.6 Å². The highest BCUT2D eigenvalue weighted by atomic mass is 79.9. The number of nitrogens with one attached hydrogen (secondary N) is 1. The first kappa shape index (κ1) is 20.2. The Bertz CT molecular complexity index is 808. The lowest BCUT2D eigenvalue weighted by molar-refractivity contribution is 0.199. The molecular weight excluding hydrogens is 430 g/mol. The Morgan fingerprint density at radius 3 is 2.36 bits per heavy atom. The minimum absolute atomic E-state index is 0.0666. The van der Waals surface area contributed by atoms with Crippen molar-refractivity contribution < 1.29 is 17.7 Å². The van der Waals surface area contributed by atoms with Crippen LogP contribution in [0.2, 0.25) is 5.02 Å². The van der Waals surface area contributed by atoms with E-state index < -0.39 is 10.1 Å². The first-order valence-electron chi connectivity index (χ1n) is 7.58. The molecule has 25 heavy (non-hydrogen) atoms. The Balaban J connectivity index is 0.000000186. The molecule has 0 bridgehead atoms. The Morgan fingerprint density at radius 2 is 1.88 bits per heavy atom. The molecule has 5 nitrogen and oxygen atoms in total. The average molecular weight is 449 g/mol. The summed E-state index contributed by atoms with van der Waals surface area (Å²) in [5.74, 6) is 1.40. The average Bonchev–Trinajstić information content (AvgIpc) is 2.48. The molecule has 0 saturated carbocycles. The molecule has 3 rings (SSSR count). The van der Waals surface area contributed by atoms with Crippen molar-refractivity contribution in [1.82, 2.24) is 5.32 Å². The molecule has 0 atom stereocenters. The summed E-state index contributed by atoms with van der Waals surface area (Å²) in [6.07, 6.45) is 0. The van der Waals surface area contributed by atoms with Crippen molar-refractivity contribution in [1.29, 1.82) is 0 Å². The van der Waals surface area contributed by atoms with E-state index in [1.54, 1.807) is 12.1 Å². The fraction of sp³-hybridized carbons (Fsp3) is 0.294. The SMILES string of the molecule is Cc1ccc(S(=O)(=O)O)cc1.Clc1cc(Br)ccc1OCC1CNC1. The summed E-state index contributed by atoms with van der Waals surface area (Å²) in [6.45, 7) is 4.68. The van der Waals surface area contributed by atoms with Crippen LogP contribution in [0.15, 0.2) is 51.8 Å². The van der Waals surface area contributed by atoms with Gasteiger partial charge in [0.15, 0.2) is 0 Å². The van der Waals surface area contributed by atoms with Crippen molar-refractivity contribution in [3.63, 3.8) is 0 Å². The van der Waals surface area contributed by atoms with E-state index in [9.17, 15) is 8.42 Å². The maximum absolute atomic E-state index is 10.5. The molecule has 0 radical (unpaired) electrons. The molecule has 1 aliphatic heterocycles. The zero-order chi connectivity index (χ0) is 18.4. The van der Waals surface area contributed by atoms with Gasteiger partial charge in [-0.05, 0) is 37.3 Å². The second-order valence-corrected chi connectivity index (χ2v) is 8.44. The molecule has 0 unspecified atom stereocenters. The number of aryl methyl sites for hydroxylation is 1. The van der Waals surface area contributed by atoms with E-state index in [-0.39, 0.29) is 4.90 Å². The third-order valence-electron chi connectivity index (χ3n) is 3.55. The van der Waals surface area contributed by atoms with Crippen molar-refractivity contribution in [3.8, 4) is 5.75 Å². The van der Waals surface area contributed by atoms with E-state index in [1.165, 1.54) is 12.1 Å². The highest BCUT2D eigenvalue weighted by Gasteiger charge is 2.17. The first-order chi connectivity index (χ1) is 11.8. The number of ether oxygens (including phenoxy) is 1. The molecule has 0 aliphatic carbocycles. The minimum Gasteiger partial charge on any atom is -0.492 e. The number of hydrogen-bond donors (Lipinski definition) is 2. The molecule has 136 valence electrons. The van der Waals surface area contributed by atoms with Crippen LogP contribution >= 0.6 is 27.5 Å². The minimum atomic E-state index is -4.02. The van der Waals surface area contributed by atoms with Gasteiger partial charge in [-0.25, -0.2) is 0 Å². The topological polar surface area (TPSA) is 75.6 Å². The van der Waals surface area contributed by atoms with Gasteiger partial charge in [0.25, 0.3) is 10.1 Å². The highest BCUT2D eigenvalue weighted by Crippen LogP contribution is 2.28. The van der Waals surface area contributed by atoms with Gasteiger partial charge in [-0.1, -0.05) is 45.2 Å². The number of rotatable bonds is 4. The molecule has 1 aliphatic rings. The van der Waals surface area contributed by atoms with Gasteiger partial charge in [0.1, 0.15) is 5.75 Å². The molecule has 8 heteroatoms. The summed E-state index contributed by atoms with van der Waals surface area (Å²) >= 11 is 9.35. The summed E-state index contributed by atoms with van der Waals surface area (Å²) in [5, 5.41) is 3.86. The first-order valence-corrected chi connectivity index (χ1v) is 10.2. The quantitative estimate of drug-likeness (QED) is 0.693. The standard InChI is InChI=1S/C10H11BrClNO.C7H8O3S/c11-8-1-2-10(9(12)3-8)14-6-7-4-13-5-7;1-6-2-4-7(5-3-6)11(8,9)10/h1-3,7,13H,4-6H2;2-5H,1H3,(H,8,9,10). The van der Waals surface area contributed by atoms with E-state index in [0.29, 0.717) is 10.9 Å². The van der Waals surface area contributed by atoms with Crippen LogP contribution in [0.3, 0.4) is 0 Å². The van der Waals surface area contributed by atoms with Gasteiger partial charge in [-0.15, -0.1) is 0 Å². The fourth-order valence-electron chi connectivity index (χ4n) is 1.98. The second kappa shape index (κ2) is 9.00. The van der Waals surface area contributed by atoms with Gasteiger partial charge in [0, 0.05) is 23.5 Å². The Hall–Kier alpha value is -1.12. The Morgan fingerprint density at radius 1 is 1.24 bits per heavy atom. The lowest BCUT2D eigenvalue weighted by atomic mass is 10.1. The van der Waals surface area contributed by atoms with Gasteiger partial charge in [0.2, 0.25) is 0 Å². The largest absolute Gasteiger partial charge is 0.492 e. The van der Waals surface area contributed by atoms with E-state index in [4.69, 9.17) is 20.9 Å². The maximum atomic E-state index is 10.5. The van der Waals surface area contributed by atoms with E-state index in [0.717, 1.165) is 35.5 Å². The van der Waals surface area contributed by atoms with Crippen LogP contribution in [0, 0.1) is 12.8 Å². The van der Waals surface area contributed by atoms with E-state index in [2.05, 4.69) is 21.2 Å². The molecule has 2 aromatic carbocycles. The van der Waals surface area contributed by atoms with Crippen LogP contribution in [0.5, 0.6) is 5.75 Å². The van der Waals surface area contributed by atoms with Crippen LogP contribution in [-0.4, -0.2) is 32.7 Å². The van der Waals surface area contributed by atoms with Crippen LogP contribution < -0.4 is 10.1 Å². The molecule has 0 spiro atoms. The number of halogens is 2. The predicted octanol–water partition coefficient (Wildman–Crippen LogP) is 3.94. The Labute approximate surface area is 161 Å². The summed E-state index contributed by atoms with van der Waals surface area (Å²) in [6, 6.07) is 11.6. The zero-order valence-electron chi connectivity index (χ0n) is 13.6. The molecule has 0 amide bonds. The summed E-state index contributed by atoms with van der Waals surface area (Å²) in [4.78, 5) is -0.0666. The molecule has 1 saturated heterocycles. The molecule has 0 aromatic heterocycles. The third-order valence-corrected chi connectivity index (χ3v) is 5.21. The highest BCUT2D eigenvalue weighted by molar-refractivity contribution is 9.10. The van der Waals surface area contributed by atoms with Crippen molar-refractivity contribution in [2.45, 2.75) is 11.8 Å². The number of benzene rings is 2. The Kier molecular flexibility index (Phi) is 7.27. The summed E-state index contributed by atoms with van der Waals surface area (Å²) in [7, 11) is -4.02. The molecule has 1 fully saturated rings. The monoisotopic (exact) mass is 447 g/mol. The number of hydrogen-bond acceptors (Lipinski definition) is 4. The van der Waals surface area contributed by atoms with E-state index >= 15 is 0 Å². The third kappa shape index (κ3) is 6.60. The van der Waals surface area contributed by atoms with Crippen LogP contribution in [-0.2, 0) is 10.1 Å². The van der Waals surface area contributed by atoms with Gasteiger partial charge in [-0.2, -0.15) is 8.42 Å². The summed E-state index contributed by atoms with van der Waals surface area (Å²) in [5.41, 5.74) is 0.956. The maximum Gasteiger partial charge on any atom is 0.294 e. The van der Waals surface area contributed by atoms with Gasteiger partial charge in [-0.3, -0.25) is 4.55 Å². The molecule has 1 heterocycles. The lowest BCUT2D eigenvalue weighted by Crippen LogP contribution is -2.45. The van der Waals surface area contributed by atoms with Crippen LogP contribution in [0.4, 0.5) is 0 Å². The molecule has 2 aromatic rings. The van der Waals surface area contributed by atoms with Crippen molar-refractivity contribution in [3.05, 3.63) is 57.5 Å². The van der Waals surface area contributed by atoms with Crippen molar-refractivity contribution in [2.75, 3.05) is 19.7 Å². The zero-order valence-corrected chi connectivity index (χ0v) is 16.7. The van der Waals surface area contributed by atoms with Gasteiger partial charge >= 0.3 is 0 Å². The van der Waals surface area contributed by atoms with Crippen LogP contribution in [0.25, 0.3) is 0 Å². The normalized spacial score (nSPS) is 14.2. The van der Waals surface area contributed by atoms with Crippen LogP contribution in [0.1, 0.15) is 5.56 Å². The van der Waals surface area contributed by atoms with Gasteiger partial charge < -0.3 is 10.1 Å². The lowest BCUT2D eigenvalue weighted by Gasteiger charge is -2.26. The fourth-order valence-corrected chi connectivity index (χ4v) is 3.18. The molecular formula is C17H19BrClNO4S. The van der Waals surface area contributed by atoms with Gasteiger partial charge in [0.05, 0.1) is 16.5 Å². The van der Waals surface area contributed by atoms with Crippen molar-refractivity contribution in [2.24, 2.45) is 5.92 Å². The predicted molar refractivity (Wildman–Crippen MR) is 102 cm³/mol. The smallest absolute Gasteiger partial charge is 0.294 e. The summed E-state index contributed by atoms with van der Waals surface area (Å²) < 4.78 is 36.1. The van der Waals surface area contributed by atoms with E-state index in [1.807, 2.05) is 25.1 Å². The second-order valence-electron chi connectivity index (χ2n) is 5.70.